The predicted molar refractivity (Wildman–Crippen MR) is 82.4 cm³/mol. The Morgan fingerprint density at radius 3 is 2.40 bits per heavy atom. The molecule has 1 N–H and O–H groups in total. The first kappa shape index (κ1) is 14.5. The maximum absolute atomic E-state index is 12.2. The van der Waals surface area contributed by atoms with Crippen molar-refractivity contribution in [2.45, 2.75) is 13.8 Å². The number of aromatic nitrogens is 1. The minimum Gasteiger partial charge on any atom is -0.496 e. The van der Waals surface area contributed by atoms with Crippen molar-refractivity contribution in [1.82, 2.24) is 4.98 Å². The fourth-order valence-electron chi connectivity index (χ4n) is 2.04. The Kier molecular flexibility index (Phi) is 4.39. The first-order valence-electron chi connectivity index (χ1n) is 6.09. The number of amides is 1. The maximum Gasteiger partial charge on any atom is 0.256 e. The van der Waals surface area contributed by atoms with Crippen molar-refractivity contribution in [3.05, 3.63) is 51.6 Å². The summed E-state index contributed by atoms with van der Waals surface area (Å²) in [5.74, 6) is 1.14. The molecule has 0 atom stereocenters. The van der Waals surface area contributed by atoms with E-state index >= 15 is 0 Å². The van der Waals surface area contributed by atoms with Crippen molar-refractivity contribution < 1.29 is 9.53 Å². The first-order chi connectivity index (χ1) is 9.51. The van der Waals surface area contributed by atoms with E-state index in [-0.39, 0.29) is 5.91 Å². The van der Waals surface area contributed by atoms with Gasteiger partial charge in [0.1, 0.15) is 11.6 Å². The van der Waals surface area contributed by atoms with Crippen LogP contribution in [-0.4, -0.2) is 18.0 Å². The number of nitrogens with one attached hydrogen (secondary N) is 1. The Morgan fingerprint density at radius 2 is 1.90 bits per heavy atom. The van der Waals surface area contributed by atoms with Crippen LogP contribution in [0.4, 0.5) is 5.82 Å². The van der Waals surface area contributed by atoms with E-state index < -0.39 is 0 Å². The second-order valence-corrected chi connectivity index (χ2v) is 5.37. The highest BCUT2D eigenvalue weighted by molar-refractivity contribution is 9.10. The van der Waals surface area contributed by atoms with Crippen LogP contribution >= 0.6 is 15.9 Å². The number of pyridine rings is 1. The van der Waals surface area contributed by atoms with Gasteiger partial charge in [0.15, 0.2) is 0 Å². The molecule has 0 aliphatic carbocycles. The van der Waals surface area contributed by atoms with Gasteiger partial charge in [-0.15, -0.1) is 0 Å². The number of benzene rings is 1. The molecule has 0 saturated heterocycles. The molecule has 1 heterocycles. The number of halogens is 1. The Bertz CT molecular complexity index is 616. The molecule has 4 nitrogen and oxygen atoms in total. The average Bonchev–Trinajstić information content (AvgIpc) is 2.41. The van der Waals surface area contributed by atoms with Gasteiger partial charge in [-0.3, -0.25) is 4.79 Å². The number of ether oxygens (including phenoxy) is 1. The number of carbonyl (C=O) groups is 1. The summed E-state index contributed by atoms with van der Waals surface area (Å²) in [5, 5.41) is 2.77. The number of methoxy groups -OCH3 is 1. The fraction of sp³-hybridized carbons (Fsp3) is 0.200. The molecule has 0 bridgehead atoms. The minimum atomic E-state index is -0.186. The highest BCUT2D eigenvalue weighted by Crippen LogP contribution is 2.24. The molecule has 1 aromatic heterocycles. The van der Waals surface area contributed by atoms with E-state index in [0.717, 1.165) is 21.3 Å². The normalized spacial score (nSPS) is 10.2. The van der Waals surface area contributed by atoms with Crippen molar-refractivity contribution in [2.24, 2.45) is 0 Å². The summed E-state index contributed by atoms with van der Waals surface area (Å²) >= 11 is 3.30. The zero-order valence-electron chi connectivity index (χ0n) is 11.5. The van der Waals surface area contributed by atoms with Crippen LogP contribution in [0.2, 0.25) is 0 Å². The van der Waals surface area contributed by atoms with E-state index in [1.54, 1.807) is 31.5 Å². The summed E-state index contributed by atoms with van der Waals surface area (Å²) in [4.78, 5) is 16.3. The Morgan fingerprint density at radius 1 is 1.25 bits per heavy atom. The van der Waals surface area contributed by atoms with Gasteiger partial charge in [0.2, 0.25) is 0 Å². The third kappa shape index (κ3) is 3.17. The van der Waals surface area contributed by atoms with E-state index in [1.165, 1.54) is 0 Å². The number of carbonyl (C=O) groups excluding carboxylic acids is 1. The number of rotatable bonds is 3. The van der Waals surface area contributed by atoms with Crippen LogP contribution in [0.1, 0.15) is 21.5 Å². The number of nitrogens with zero attached hydrogens (tertiary/aromatic N) is 1. The van der Waals surface area contributed by atoms with E-state index in [0.29, 0.717) is 11.4 Å². The third-order valence-corrected chi connectivity index (χ3v) is 3.36. The standard InChI is InChI=1S/C15H15BrN2O2/c1-9-6-11(7-10(2)14(9)20-3)15(19)18-13-5-4-12(16)8-17-13/h4-8H,1-3H3,(H,17,18,19). The van der Waals surface area contributed by atoms with E-state index in [2.05, 4.69) is 26.2 Å². The van der Waals surface area contributed by atoms with Gasteiger partial charge in [0, 0.05) is 16.2 Å². The van der Waals surface area contributed by atoms with Crippen molar-refractivity contribution in [2.75, 3.05) is 12.4 Å². The molecule has 104 valence electrons. The molecule has 0 aliphatic heterocycles. The molecule has 0 radical (unpaired) electrons. The third-order valence-electron chi connectivity index (χ3n) is 2.90. The van der Waals surface area contributed by atoms with Gasteiger partial charge in [0.25, 0.3) is 5.91 Å². The first-order valence-corrected chi connectivity index (χ1v) is 6.88. The van der Waals surface area contributed by atoms with E-state index in [9.17, 15) is 4.79 Å². The lowest BCUT2D eigenvalue weighted by Crippen LogP contribution is -2.13. The number of hydrogen-bond donors (Lipinski definition) is 1. The van der Waals surface area contributed by atoms with Gasteiger partial charge < -0.3 is 10.1 Å². The zero-order valence-corrected chi connectivity index (χ0v) is 13.1. The Labute approximate surface area is 126 Å². The zero-order chi connectivity index (χ0) is 14.7. The van der Waals surface area contributed by atoms with Crippen molar-refractivity contribution >= 4 is 27.7 Å². The largest absolute Gasteiger partial charge is 0.496 e. The van der Waals surface area contributed by atoms with Crippen LogP contribution in [0, 0.1) is 13.8 Å². The number of hydrogen-bond acceptors (Lipinski definition) is 3. The summed E-state index contributed by atoms with van der Waals surface area (Å²) in [5.41, 5.74) is 2.45. The summed E-state index contributed by atoms with van der Waals surface area (Å²) in [6, 6.07) is 7.18. The van der Waals surface area contributed by atoms with Crippen LogP contribution in [0.5, 0.6) is 5.75 Å². The molecule has 20 heavy (non-hydrogen) atoms. The second-order valence-electron chi connectivity index (χ2n) is 4.46. The van der Waals surface area contributed by atoms with Crippen LogP contribution in [0.3, 0.4) is 0 Å². The molecule has 0 saturated carbocycles. The predicted octanol–water partition coefficient (Wildman–Crippen LogP) is 3.72. The minimum absolute atomic E-state index is 0.186. The summed E-state index contributed by atoms with van der Waals surface area (Å²) < 4.78 is 6.16. The van der Waals surface area contributed by atoms with Gasteiger partial charge in [-0.25, -0.2) is 4.98 Å². The number of aryl methyl sites for hydroxylation is 2. The van der Waals surface area contributed by atoms with Gasteiger partial charge in [0.05, 0.1) is 7.11 Å². The van der Waals surface area contributed by atoms with Gasteiger partial charge >= 0.3 is 0 Å². The van der Waals surface area contributed by atoms with E-state index in [1.807, 2.05) is 19.9 Å². The summed E-state index contributed by atoms with van der Waals surface area (Å²) in [6.45, 7) is 3.83. The van der Waals surface area contributed by atoms with Crippen LogP contribution in [0.25, 0.3) is 0 Å². The molecule has 0 aliphatic rings. The van der Waals surface area contributed by atoms with Gasteiger partial charge in [-0.1, -0.05) is 0 Å². The molecule has 5 heteroatoms. The fourth-order valence-corrected chi connectivity index (χ4v) is 2.28. The van der Waals surface area contributed by atoms with Crippen molar-refractivity contribution in [3.63, 3.8) is 0 Å². The molecule has 0 unspecified atom stereocenters. The van der Waals surface area contributed by atoms with Gasteiger partial charge in [-0.2, -0.15) is 0 Å². The Balaban J connectivity index is 2.23. The highest BCUT2D eigenvalue weighted by Gasteiger charge is 2.11. The lowest BCUT2D eigenvalue weighted by atomic mass is 10.1. The molecular weight excluding hydrogens is 320 g/mol. The lowest BCUT2D eigenvalue weighted by molar-refractivity contribution is 0.102. The summed E-state index contributed by atoms with van der Waals surface area (Å²) in [7, 11) is 1.63. The van der Waals surface area contributed by atoms with E-state index in [4.69, 9.17) is 4.74 Å². The molecule has 0 spiro atoms. The van der Waals surface area contributed by atoms with Crippen LogP contribution < -0.4 is 10.1 Å². The average molecular weight is 335 g/mol. The summed E-state index contributed by atoms with van der Waals surface area (Å²) in [6.07, 6.45) is 1.64. The second kappa shape index (κ2) is 6.05. The van der Waals surface area contributed by atoms with Crippen LogP contribution in [0.15, 0.2) is 34.9 Å². The molecular formula is C15H15BrN2O2. The van der Waals surface area contributed by atoms with Crippen molar-refractivity contribution in [1.29, 1.82) is 0 Å². The monoisotopic (exact) mass is 334 g/mol. The maximum atomic E-state index is 12.2. The number of anilines is 1. The molecule has 0 fully saturated rings. The van der Waals surface area contributed by atoms with Crippen molar-refractivity contribution in [3.8, 4) is 5.75 Å². The highest BCUT2D eigenvalue weighted by atomic mass is 79.9. The van der Waals surface area contributed by atoms with Gasteiger partial charge in [-0.05, 0) is 65.2 Å². The quantitative estimate of drug-likeness (QED) is 0.930. The molecule has 2 rings (SSSR count). The molecule has 2 aromatic rings. The smallest absolute Gasteiger partial charge is 0.256 e. The molecule has 1 aromatic carbocycles. The lowest BCUT2D eigenvalue weighted by Gasteiger charge is -2.11. The topological polar surface area (TPSA) is 51.2 Å². The molecule has 1 amide bonds. The van der Waals surface area contributed by atoms with Crippen LogP contribution in [-0.2, 0) is 0 Å². The Hall–Kier alpha value is -1.88. The SMILES string of the molecule is COc1c(C)cc(C(=O)Nc2ccc(Br)cn2)cc1C.